The maximum atomic E-state index is 12.5. The molecule has 2 atom stereocenters. The first-order valence-electron chi connectivity index (χ1n) is 6.69. The molecule has 1 fully saturated rings. The zero-order valence-electron chi connectivity index (χ0n) is 11.4. The van der Waals surface area contributed by atoms with E-state index < -0.39 is 0 Å². The Morgan fingerprint density at radius 1 is 1.28 bits per heavy atom. The first kappa shape index (κ1) is 12.9. The Morgan fingerprint density at radius 2 is 2.00 bits per heavy atom. The molecule has 18 heavy (non-hydrogen) atoms. The molecule has 3 heteroatoms. The van der Waals surface area contributed by atoms with Gasteiger partial charge in [-0.3, -0.25) is 4.79 Å². The molecule has 1 amide bonds. The number of anilines is 1. The van der Waals surface area contributed by atoms with Crippen molar-refractivity contribution in [2.75, 3.05) is 25.5 Å². The summed E-state index contributed by atoms with van der Waals surface area (Å²) in [5.74, 6) is 1.46. The fourth-order valence-corrected chi connectivity index (χ4v) is 2.51. The molecule has 1 aliphatic heterocycles. The van der Waals surface area contributed by atoms with Crippen molar-refractivity contribution in [1.82, 2.24) is 4.90 Å². The summed E-state index contributed by atoms with van der Waals surface area (Å²) in [7, 11) is 1.85. The highest BCUT2D eigenvalue weighted by Gasteiger charge is 2.27. The predicted octanol–water partition coefficient (Wildman–Crippen LogP) is 2.85. The monoisotopic (exact) mass is 246 g/mol. The van der Waals surface area contributed by atoms with Crippen molar-refractivity contribution < 1.29 is 4.79 Å². The van der Waals surface area contributed by atoms with Gasteiger partial charge in [-0.15, -0.1) is 0 Å². The van der Waals surface area contributed by atoms with Crippen molar-refractivity contribution in [3.8, 4) is 0 Å². The Bertz CT molecular complexity index is 430. The topological polar surface area (TPSA) is 32.3 Å². The third kappa shape index (κ3) is 2.50. The van der Waals surface area contributed by atoms with E-state index >= 15 is 0 Å². The van der Waals surface area contributed by atoms with Crippen LogP contribution >= 0.6 is 0 Å². The lowest BCUT2D eigenvalue weighted by molar-refractivity contribution is 0.0628. The Hall–Kier alpha value is -1.51. The van der Waals surface area contributed by atoms with Crippen LogP contribution in [0.5, 0.6) is 0 Å². The SMILES string of the molecule is CNc1ccccc1C(=O)N1CCC(C)C(C)C1. The number of para-hydroxylation sites is 1. The van der Waals surface area contributed by atoms with Gasteiger partial charge in [0, 0.05) is 25.8 Å². The summed E-state index contributed by atoms with van der Waals surface area (Å²) < 4.78 is 0. The Morgan fingerprint density at radius 3 is 2.67 bits per heavy atom. The number of likely N-dealkylation sites (tertiary alicyclic amines) is 1. The van der Waals surface area contributed by atoms with E-state index in [0.29, 0.717) is 11.8 Å². The van der Waals surface area contributed by atoms with E-state index in [2.05, 4.69) is 19.2 Å². The molecule has 1 aromatic rings. The smallest absolute Gasteiger partial charge is 0.255 e. The van der Waals surface area contributed by atoms with Crippen molar-refractivity contribution in [3.05, 3.63) is 29.8 Å². The molecule has 0 radical (unpaired) electrons. The molecule has 2 rings (SSSR count). The average Bonchev–Trinajstić information content (AvgIpc) is 2.41. The molecule has 0 spiro atoms. The van der Waals surface area contributed by atoms with Gasteiger partial charge in [0.15, 0.2) is 0 Å². The summed E-state index contributed by atoms with van der Waals surface area (Å²) >= 11 is 0. The maximum absolute atomic E-state index is 12.5. The Kier molecular flexibility index (Phi) is 3.90. The molecular formula is C15H22N2O. The fraction of sp³-hybridized carbons (Fsp3) is 0.533. The fourth-order valence-electron chi connectivity index (χ4n) is 2.51. The third-order valence-electron chi connectivity index (χ3n) is 4.05. The molecule has 3 nitrogen and oxygen atoms in total. The van der Waals surface area contributed by atoms with Crippen molar-refractivity contribution in [1.29, 1.82) is 0 Å². The van der Waals surface area contributed by atoms with Gasteiger partial charge >= 0.3 is 0 Å². The largest absolute Gasteiger partial charge is 0.387 e. The van der Waals surface area contributed by atoms with Crippen LogP contribution in [-0.4, -0.2) is 30.9 Å². The highest BCUT2D eigenvalue weighted by Crippen LogP contribution is 2.25. The van der Waals surface area contributed by atoms with Crippen LogP contribution in [0.2, 0.25) is 0 Å². The third-order valence-corrected chi connectivity index (χ3v) is 4.05. The van der Waals surface area contributed by atoms with Crippen LogP contribution in [0.15, 0.2) is 24.3 Å². The molecule has 0 aliphatic carbocycles. The number of nitrogens with one attached hydrogen (secondary N) is 1. The maximum Gasteiger partial charge on any atom is 0.255 e. The Labute approximate surface area is 109 Å². The highest BCUT2D eigenvalue weighted by atomic mass is 16.2. The molecule has 1 aromatic carbocycles. The van der Waals surface area contributed by atoms with E-state index in [4.69, 9.17) is 0 Å². The molecular weight excluding hydrogens is 224 g/mol. The van der Waals surface area contributed by atoms with E-state index in [1.54, 1.807) is 0 Å². The molecule has 1 saturated heterocycles. The summed E-state index contributed by atoms with van der Waals surface area (Å²) in [5, 5.41) is 3.09. The summed E-state index contributed by atoms with van der Waals surface area (Å²) in [4.78, 5) is 14.5. The van der Waals surface area contributed by atoms with Crippen molar-refractivity contribution >= 4 is 11.6 Å². The van der Waals surface area contributed by atoms with E-state index in [1.807, 2.05) is 36.2 Å². The van der Waals surface area contributed by atoms with Gasteiger partial charge in [0.2, 0.25) is 0 Å². The molecule has 0 aromatic heterocycles. The second-order valence-electron chi connectivity index (χ2n) is 5.29. The molecule has 98 valence electrons. The summed E-state index contributed by atoms with van der Waals surface area (Å²) in [5.41, 5.74) is 1.69. The first-order chi connectivity index (χ1) is 8.63. The number of rotatable bonds is 2. The van der Waals surface area contributed by atoms with Crippen LogP contribution in [-0.2, 0) is 0 Å². The number of nitrogens with zero attached hydrogens (tertiary/aromatic N) is 1. The highest BCUT2D eigenvalue weighted by molar-refractivity contribution is 5.99. The van der Waals surface area contributed by atoms with Crippen LogP contribution in [0.4, 0.5) is 5.69 Å². The number of amides is 1. The van der Waals surface area contributed by atoms with Crippen LogP contribution in [0, 0.1) is 11.8 Å². The molecule has 1 heterocycles. The summed E-state index contributed by atoms with van der Waals surface area (Å²) in [6.45, 7) is 6.25. The van der Waals surface area contributed by atoms with Gasteiger partial charge in [0.1, 0.15) is 0 Å². The van der Waals surface area contributed by atoms with Crippen LogP contribution in [0.1, 0.15) is 30.6 Å². The second-order valence-corrected chi connectivity index (χ2v) is 5.29. The number of benzene rings is 1. The number of hydrogen-bond acceptors (Lipinski definition) is 2. The molecule has 1 aliphatic rings. The standard InChI is InChI=1S/C15H22N2O/c1-11-8-9-17(10-12(11)2)15(18)13-6-4-5-7-14(13)16-3/h4-7,11-12,16H,8-10H2,1-3H3. The van der Waals surface area contributed by atoms with E-state index in [0.717, 1.165) is 30.8 Å². The quantitative estimate of drug-likeness (QED) is 0.870. The predicted molar refractivity (Wildman–Crippen MR) is 74.8 cm³/mol. The average molecular weight is 246 g/mol. The number of carbonyl (C=O) groups is 1. The summed E-state index contributed by atoms with van der Waals surface area (Å²) in [6.07, 6.45) is 1.11. The van der Waals surface area contributed by atoms with Crippen molar-refractivity contribution in [3.63, 3.8) is 0 Å². The zero-order valence-corrected chi connectivity index (χ0v) is 11.4. The second kappa shape index (κ2) is 5.42. The normalized spacial score (nSPS) is 23.8. The molecule has 2 unspecified atom stereocenters. The van der Waals surface area contributed by atoms with Crippen molar-refractivity contribution in [2.24, 2.45) is 11.8 Å². The van der Waals surface area contributed by atoms with Gasteiger partial charge in [-0.2, -0.15) is 0 Å². The minimum absolute atomic E-state index is 0.152. The number of piperidine rings is 1. The van der Waals surface area contributed by atoms with E-state index in [9.17, 15) is 4.79 Å². The Balaban J connectivity index is 2.16. The lowest BCUT2D eigenvalue weighted by Gasteiger charge is -2.35. The minimum atomic E-state index is 0.152. The minimum Gasteiger partial charge on any atom is -0.387 e. The van der Waals surface area contributed by atoms with E-state index in [1.165, 1.54) is 0 Å². The molecule has 0 bridgehead atoms. The van der Waals surface area contributed by atoms with Gasteiger partial charge in [0.05, 0.1) is 5.56 Å². The van der Waals surface area contributed by atoms with Gasteiger partial charge in [-0.1, -0.05) is 26.0 Å². The van der Waals surface area contributed by atoms with Crippen LogP contribution in [0.25, 0.3) is 0 Å². The molecule has 0 saturated carbocycles. The lowest BCUT2D eigenvalue weighted by Crippen LogP contribution is -2.42. The van der Waals surface area contributed by atoms with Gasteiger partial charge in [0.25, 0.3) is 5.91 Å². The first-order valence-corrected chi connectivity index (χ1v) is 6.69. The zero-order chi connectivity index (χ0) is 13.1. The van der Waals surface area contributed by atoms with Gasteiger partial charge in [-0.05, 0) is 30.4 Å². The van der Waals surface area contributed by atoms with Crippen LogP contribution < -0.4 is 5.32 Å². The summed E-state index contributed by atoms with van der Waals surface area (Å²) in [6, 6.07) is 7.72. The molecule has 1 N–H and O–H groups in total. The van der Waals surface area contributed by atoms with Crippen molar-refractivity contribution in [2.45, 2.75) is 20.3 Å². The number of hydrogen-bond donors (Lipinski definition) is 1. The van der Waals surface area contributed by atoms with Crippen LogP contribution in [0.3, 0.4) is 0 Å². The van der Waals surface area contributed by atoms with Gasteiger partial charge < -0.3 is 10.2 Å². The van der Waals surface area contributed by atoms with E-state index in [-0.39, 0.29) is 5.91 Å². The van der Waals surface area contributed by atoms with Gasteiger partial charge in [-0.25, -0.2) is 0 Å². The lowest BCUT2D eigenvalue weighted by atomic mass is 9.88. The number of carbonyl (C=O) groups excluding carboxylic acids is 1.